The van der Waals surface area contributed by atoms with Crippen LogP contribution in [0, 0.1) is 0 Å². The molecule has 1 amide bonds. The van der Waals surface area contributed by atoms with Crippen LogP contribution in [0.3, 0.4) is 0 Å². The number of likely N-dealkylation sites (tertiary alicyclic amines) is 1. The molecule has 34 heavy (non-hydrogen) atoms. The largest absolute Gasteiger partial charge is 0.489 e. The van der Waals surface area contributed by atoms with Crippen molar-refractivity contribution in [2.24, 2.45) is 0 Å². The number of para-hydroxylation sites is 1. The fourth-order valence-corrected chi connectivity index (χ4v) is 4.74. The molecule has 0 radical (unpaired) electrons. The SMILES string of the molecule is O=C(CCN1Cc2ccccc2OC(c2ccccc2)C1)N1CCC(Oc2cccnc2)CC1. The number of hydrogen-bond acceptors (Lipinski definition) is 5. The molecule has 1 fully saturated rings. The van der Waals surface area contributed by atoms with E-state index in [1.54, 1.807) is 12.4 Å². The van der Waals surface area contributed by atoms with Gasteiger partial charge in [-0.25, -0.2) is 0 Å². The topological polar surface area (TPSA) is 54.9 Å². The molecule has 0 N–H and O–H groups in total. The summed E-state index contributed by atoms with van der Waals surface area (Å²) in [4.78, 5) is 21.4. The number of fused-ring (bicyclic) bond motifs is 1. The highest BCUT2D eigenvalue weighted by Crippen LogP contribution is 2.31. The fourth-order valence-electron chi connectivity index (χ4n) is 4.74. The predicted molar refractivity (Wildman–Crippen MR) is 131 cm³/mol. The van der Waals surface area contributed by atoms with Gasteiger partial charge in [-0.3, -0.25) is 14.7 Å². The Balaban J connectivity index is 1.17. The van der Waals surface area contributed by atoms with Crippen LogP contribution in [0.4, 0.5) is 0 Å². The molecule has 0 saturated carbocycles. The Labute approximate surface area is 201 Å². The summed E-state index contributed by atoms with van der Waals surface area (Å²) in [6.07, 6.45) is 5.77. The van der Waals surface area contributed by atoms with Crippen LogP contribution in [-0.4, -0.2) is 53.0 Å². The smallest absolute Gasteiger partial charge is 0.223 e. The van der Waals surface area contributed by atoms with Crippen LogP contribution in [0.1, 0.15) is 36.5 Å². The number of pyridine rings is 1. The average Bonchev–Trinajstić information content (AvgIpc) is 3.08. The maximum atomic E-state index is 13.0. The average molecular weight is 458 g/mol. The van der Waals surface area contributed by atoms with Crippen LogP contribution in [0.25, 0.3) is 0 Å². The second kappa shape index (κ2) is 10.7. The van der Waals surface area contributed by atoms with E-state index in [2.05, 4.69) is 28.1 Å². The lowest BCUT2D eigenvalue weighted by molar-refractivity contribution is -0.133. The molecule has 6 heteroatoms. The van der Waals surface area contributed by atoms with E-state index in [9.17, 15) is 4.79 Å². The van der Waals surface area contributed by atoms with Gasteiger partial charge in [-0.05, 0) is 23.8 Å². The highest BCUT2D eigenvalue weighted by molar-refractivity contribution is 5.76. The van der Waals surface area contributed by atoms with Gasteiger partial charge in [0.05, 0.1) is 6.20 Å². The normalized spacial score (nSPS) is 19.1. The standard InChI is InChI=1S/C28H31N3O3/c32-28(31-17-12-24(13-18-31)33-25-10-6-15-29-19-25)14-16-30-20-23-9-4-5-11-26(23)34-27(21-30)22-7-2-1-3-8-22/h1-11,15,19,24,27H,12-14,16-18,20-21H2. The molecule has 2 aromatic carbocycles. The van der Waals surface area contributed by atoms with Crippen molar-refractivity contribution in [2.75, 3.05) is 26.2 Å². The Morgan fingerprint density at radius 2 is 1.79 bits per heavy atom. The quantitative estimate of drug-likeness (QED) is 0.546. The number of ether oxygens (including phenoxy) is 2. The maximum absolute atomic E-state index is 13.0. The number of piperidine rings is 1. The molecule has 1 saturated heterocycles. The van der Waals surface area contributed by atoms with E-state index >= 15 is 0 Å². The first-order valence-electron chi connectivity index (χ1n) is 12.1. The summed E-state index contributed by atoms with van der Waals surface area (Å²) in [6, 6.07) is 22.4. The second-order valence-corrected chi connectivity index (χ2v) is 9.00. The molecule has 2 aliphatic rings. The number of carbonyl (C=O) groups excluding carboxylic acids is 1. The van der Waals surface area contributed by atoms with Gasteiger partial charge < -0.3 is 14.4 Å². The van der Waals surface area contributed by atoms with Gasteiger partial charge in [0.2, 0.25) is 5.91 Å². The molecule has 2 aliphatic heterocycles. The van der Waals surface area contributed by atoms with Gasteiger partial charge >= 0.3 is 0 Å². The molecule has 5 rings (SSSR count). The molecule has 0 aliphatic carbocycles. The van der Waals surface area contributed by atoms with E-state index in [0.29, 0.717) is 13.0 Å². The zero-order chi connectivity index (χ0) is 23.2. The first-order valence-corrected chi connectivity index (χ1v) is 12.1. The molecule has 176 valence electrons. The van der Waals surface area contributed by atoms with Crippen LogP contribution in [0.15, 0.2) is 79.1 Å². The molecular formula is C28H31N3O3. The summed E-state index contributed by atoms with van der Waals surface area (Å²) in [5, 5.41) is 0. The van der Waals surface area contributed by atoms with E-state index in [4.69, 9.17) is 9.47 Å². The third-order valence-electron chi connectivity index (χ3n) is 6.60. The van der Waals surface area contributed by atoms with E-state index in [1.807, 2.05) is 53.4 Å². The number of nitrogens with zero attached hydrogens (tertiary/aromatic N) is 3. The molecule has 0 spiro atoms. The number of rotatable bonds is 6. The first-order chi connectivity index (χ1) is 16.7. The van der Waals surface area contributed by atoms with Crippen molar-refractivity contribution in [1.29, 1.82) is 0 Å². The van der Waals surface area contributed by atoms with E-state index in [-0.39, 0.29) is 18.1 Å². The predicted octanol–water partition coefficient (Wildman–Crippen LogP) is 4.48. The minimum absolute atomic E-state index is 0.0553. The Morgan fingerprint density at radius 3 is 2.59 bits per heavy atom. The number of hydrogen-bond donors (Lipinski definition) is 0. The van der Waals surface area contributed by atoms with Crippen molar-refractivity contribution < 1.29 is 14.3 Å². The summed E-state index contributed by atoms with van der Waals surface area (Å²) >= 11 is 0. The summed E-state index contributed by atoms with van der Waals surface area (Å²) < 4.78 is 12.4. The zero-order valence-corrected chi connectivity index (χ0v) is 19.4. The van der Waals surface area contributed by atoms with Gasteiger partial charge in [0, 0.05) is 63.7 Å². The molecule has 1 aromatic heterocycles. The summed E-state index contributed by atoms with van der Waals surface area (Å²) in [6.45, 7) is 3.73. The Morgan fingerprint density at radius 1 is 1.00 bits per heavy atom. The molecule has 3 aromatic rings. The van der Waals surface area contributed by atoms with Gasteiger partial charge in [0.15, 0.2) is 0 Å². The van der Waals surface area contributed by atoms with Crippen LogP contribution in [0.5, 0.6) is 11.5 Å². The van der Waals surface area contributed by atoms with Crippen LogP contribution in [-0.2, 0) is 11.3 Å². The van der Waals surface area contributed by atoms with Gasteiger partial charge in [-0.2, -0.15) is 0 Å². The number of aromatic nitrogens is 1. The van der Waals surface area contributed by atoms with Gasteiger partial charge in [-0.15, -0.1) is 0 Å². The van der Waals surface area contributed by atoms with Gasteiger partial charge in [0.25, 0.3) is 0 Å². The van der Waals surface area contributed by atoms with E-state index < -0.39 is 0 Å². The Kier molecular flexibility index (Phi) is 7.05. The Bertz CT molecular complexity index is 1070. The first kappa shape index (κ1) is 22.4. The zero-order valence-electron chi connectivity index (χ0n) is 19.4. The van der Waals surface area contributed by atoms with Crippen molar-refractivity contribution in [3.63, 3.8) is 0 Å². The van der Waals surface area contributed by atoms with Crippen molar-refractivity contribution in [3.05, 3.63) is 90.3 Å². The molecule has 1 atom stereocenters. The van der Waals surface area contributed by atoms with Crippen molar-refractivity contribution in [1.82, 2.24) is 14.8 Å². The summed E-state index contributed by atoms with van der Waals surface area (Å²) in [5.74, 6) is 1.94. The minimum Gasteiger partial charge on any atom is -0.489 e. The van der Waals surface area contributed by atoms with Crippen LogP contribution < -0.4 is 9.47 Å². The van der Waals surface area contributed by atoms with Gasteiger partial charge in [-0.1, -0.05) is 48.5 Å². The van der Waals surface area contributed by atoms with E-state index in [1.165, 1.54) is 5.56 Å². The van der Waals surface area contributed by atoms with Gasteiger partial charge in [0.1, 0.15) is 23.7 Å². The number of carbonyl (C=O) groups is 1. The minimum atomic E-state index is -0.0553. The van der Waals surface area contributed by atoms with Crippen molar-refractivity contribution >= 4 is 5.91 Å². The third-order valence-corrected chi connectivity index (χ3v) is 6.60. The lowest BCUT2D eigenvalue weighted by Gasteiger charge is -2.33. The molecule has 0 bridgehead atoms. The highest BCUT2D eigenvalue weighted by Gasteiger charge is 2.27. The lowest BCUT2D eigenvalue weighted by atomic mass is 10.1. The number of benzene rings is 2. The van der Waals surface area contributed by atoms with Crippen LogP contribution in [0.2, 0.25) is 0 Å². The monoisotopic (exact) mass is 457 g/mol. The van der Waals surface area contributed by atoms with Crippen molar-refractivity contribution in [2.45, 2.75) is 38.0 Å². The van der Waals surface area contributed by atoms with E-state index in [0.717, 1.165) is 56.1 Å². The highest BCUT2D eigenvalue weighted by atomic mass is 16.5. The molecule has 3 heterocycles. The fraction of sp³-hybridized carbons (Fsp3) is 0.357. The van der Waals surface area contributed by atoms with Crippen LogP contribution >= 0.6 is 0 Å². The summed E-state index contributed by atoms with van der Waals surface area (Å²) in [5.41, 5.74) is 2.33. The van der Waals surface area contributed by atoms with Crippen molar-refractivity contribution in [3.8, 4) is 11.5 Å². The third kappa shape index (κ3) is 5.57. The maximum Gasteiger partial charge on any atom is 0.223 e. The molecule has 6 nitrogen and oxygen atoms in total. The Hall–Kier alpha value is -3.38. The second-order valence-electron chi connectivity index (χ2n) is 9.00. The number of amides is 1. The molecular weight excluding hydrogens is 426 g/mol. The summed E-state index contributed by atoms with van der Waals surface area (Å²) in [7, 11) is 0. The lowest BCUT2D eigenvalue weighted by Crippen LogP contribution is -2.43. The molecule has 1 unspecified atom stereocenters.